The summed E-state index contributed by atoms with van der Waals surface area (Å²) in [5, 5.41) is 13.1. The lowest BCUT2D eigenvalue weighted by Crippen LogP contribution is -2.28. The second-order valence-corrected chi connectivity index (χ2v) is 3.98. The molecule has 0 amide bonds. The number of ether oxygens (including phenoxy) is 1. The van der Waals surface area contributed by atoms with Crippen LogP contribution in [-0.4, -0.2) is 24.8 Å². The predicted molar refractivity (Wildman–Crippen MR) is 65.8 cm³/mol. The van der Waals surface area contributed by atoms with E-state index in [9.17, 15) is 5.11 Å². The van der Waals surface area contributed by atoms with Crippen LogP contribution in [0.25, 0.3) is 0 Å². The van der Waals surface area contributed by atoms with Crippen molar-refractivity contribution in [3.8, 4) is 5.75 Å². The lowest BCUT2D eigenvalue weighted by molar-refractivity contribution is 0.140. The summed E-state index contributed by atoms with van der Waals surface area (Å²) in [7, 11) is 1.84. The standard InChI is InChI=1S/C13H21NO2/c1-5-16-12-7-6-11(8-9(12)2)13(15)10(3)14-4/h6-8,10,13-15H,5H2,1-4H3. The van der Waals surface area contributed by atoms with Crippen LogP contribution in [0.3, 0.4) is 0 Å². The Kier molecular flexibility index (Phi) is 4.77. The van der Waals surface area contributed by atoms with Crippen LogP contribution >= 0.6 is 0 Å². The van der Waals surface area contributed by atoms with Crippen LogP contribution in [0.2, 0.25) is 0 Å². The minimum Gasteiger partial charge on any atom is -0.494 e. The lowest BCUT2D eigenvalue weighted by atomic mass is 10.0. The van der Waals surface area contributed by atoms with Gasteiger partial charge in [0.15, 0.2) is 0 Å². The van der Waals surface area contributed by atoms with Gasteiger partial charge in [0.25, 0.3) is 0 Å². The van der Waals surface area contributed by atoms with Gasteiger partial charge in [0.05, 0.1) is 12.7 Å². The van der Waals surface area contributed by atoms with Gasteiger partial charge in [-0.05, 0) is 51.1 Å². The second kappa shape index (κ2) is 5.87. The van der Waals surface area contributed by atoms with Gasteiger partial charge < -0.3 is 15.2 Å². The number of benzene rings is 1. The SMILES string of the molecule is CCOc1ccc(C(O)C(C)NC)cc1C. The van der Waals surface area contributed by atoms with Crippen molar-refractivity contribution in [2.75, 3.05) is 13.7 Å². The Hall–Kier alpha value is -1.06. The maximum atomic E-state index is 10.0. The molecule has 2 N–H and O–H groups in total. The molecule has 0 aromatic heterocycles. The Balaban J connectivity index is 2.87. The molecular weight excluding hydrogens is 202 g/mol. The average Bonchev–Trinajstić information content (AvgIpc) is 2.30. The number of likely N-dealkylation sites (N-methyl/N-ethyl adjacent to an activating group) is 1. The number of aliphatic hydroxyl groups excluding tert-OH is 1. The van der Waals surface area contributed by atoms with E-state index < -0.39 is 6.10 Å². The predicted octanol–water partition coefficient (Wildman–Crippen LogP) is 2.04. The van der Waals surface area contributed by atoms with Gasteiger partial charge in [-0.25, -0.2) is 0 Å². The first-order valence-electron chi connectivity index (χ1n) is 5.68. The molecule has 0 heterocycles. The molecule has 2 atom stereocenters. The molecule has 90 valence electrons. The molecule has 0 saturated heterocycles. The zero-order chi connectivity index (χ0) is 12.1. The van der Waals surface area contributed by atoms with Crippen LogP contribution in [0.15, 0.2) is 18.2 Å². The first-order valence-corrected chi connectivity index (χ1v) is 5.68. The highest BCUT2D eigenvalue weighted by molar-refractivity contribution is 5.37. The quantitative estimate of drug-likeness (QED) is 0.802. The molecule has 0 aliphatic heterocycles. The van der Waals surface area contributed by atoms with Crippen LogP contribution in [-0.2, 0) is 0 Å². The molecule has 16 heavy (non-hydrogen) atoms. The summed E-state index contributed by atoms with van der Waals surface area (Å²) in [5.74, 6) is 0.885. The molecule has 3 heteroatoms. The van der Waals surface area contributed by atoms with Gasteiger partial charge in [0.2, 0.25) is 0 Å². The zero-order valence-corrected chi connectivity index (χ0v) is 10.4. The van der Waals surface area contributed by atoms with E-state index in [4.69, 9.17) is 4.74 Å². The minimum absolute atomic E-state index is 0.0392. The fourth-order valence-electron chi connectivity index (χ4n) is 1.62. The van der Waals surface area contributed by atoms with Gasteiger partial charge in [-0.3, -0.25) is 0 Å². The van der Waals surface area contributed by atoms with Crippen molar-refractivity contribution in [1.82, 2.24) is 5.32 Å². The Morgan fingerprint density at radius 1 is 1.44 bits per heavy atom. The number of rotatable bonds is 5. The lowest BCUT2D eigenvalue weighted by Gasteiger charge is -2.19. The molecule has 3 nitrogen and oxygen atoms in total. The van der Waals surface area contributed by atoms with Gasteiger partial charge in [-0.1, -0.05) is 6.07 Å². The first kappa shape index (κ1) is 13.0. The number of hydrogen-bond donors (Lipinski definition) is 2. The van der Waals surface area contributed by atoms with Gasteiger partial charge in [0, 0.05) is 6.04 Å². The maximum absolute atomic E-state index is 10.0. The van der Waals surface area contributed by atoms with E-state index in [1.54, 1.807) is 0 Å². The van der Waals surface area contributed by atoms with Crippen LogP contribution in [0.1, 0.15) is 31.1 Å². The number of nitrogens with one attached hydrogen (secondary N) is 1. The molecule has 0 fully saturated rings. The molecule has 0 saturated carbocycles. The van der Waals surface area contributed by atoms with E-state index >= 15 is 0 Å². The highest BCUT2D eigenvalue weighted by Crippen LogP contribution is 2.24. The molecule has 1 rings (SSSR count). The van der Waals surface area contributed by atoms with Crippen LogP contribution in [0, 0.1) is 6.92 Å². The molecule has 1 aromatic rings. The molecule has 0 aliphatic rings. The Labute approximate surface area is 97.4 Å². The number of aliphatic hydroxyl groups is 1. The first-order chi connectivity index (χ1) is 7.60. The molecule has 0 spiro atoms. The Morgan fingerprint density at radius 2 is 2.12 bits per heavy atom. The Bertz CT molecular complexity index is 339. The van der Waals surface area contributed by atoms with E-state index in [0.29, 0.717) is 6.61 Å². The monoisotopic (exact) mass is 223 g/mol. The highest BCUT2D eigenvalue weighted by Gasteiger charge is 2.15. The normalized spacial score (nSPS) is 14.6. The van der Waals surface area contributed by atoms with Gasteiger partial charge in [0.1, 0.15) is 5.75 Å². The van der Waals surface area contributed by atoms with E-state index in [1.165, 1.54) is 0 Å². The van der Waals surface area contributed by atoms with E-state index in [2.05, 4.69) is 5.32 Å². The van der Waals surface area contributed by atoms with E-state index in [-0.39, 0.29) is 6.04 Å². The Morgan fingerprint density at radius 3 is 2.62 bits per heavy atom. The molecule has 2 unspecified atom stereocenters. The average molecular weight is 223 g/mol. The highest BCUT2D eigenvalue weighted by atomic mass is 16.5. The van der Waals surface area contributed by atoms with E-state index in [0.717, 1.165) is 16.9 Å². The summed E-state index contributed by atoms with van der Waals surface area (Å²) in [5.41, 5.74) is 1.98. The summed E-state index contributed by atoms with van der Waals surface area (Å²) >= 11 is 0. The van der Waals surface area contributed by atoms with Crippen molar-refractivity contribution in [2.24, 2.45) is 0 Å². The zero-order valence-electron chi connectivity index (χ0n) is 10.4. The molecule has 0 aliphatic carbocycles. The van der Waals surface area contributed by atoms with Gasteiger partial charge >= 0.3 is 0 Å². The molecule has 1 aromatic carbocycles. The summed E-state index contributed by atoms with van der Waals surface area (Å²) in [4.78, 5) is 0. The molecular formula is C13H21NO2. The fourth-order valence-corrected chi connectivity index (χ4v) is 1.62. The van der Waals surface area contributed by atoms with Crippen molar-refractivity contribution in [3.63, 3.8) is 0 Å². The van der Waals surface area contributed by atoms with Crippen LogP contribution in [0.4, 0.5) is 0 Å². The third kappa shape index (κ3) is 2.97. The summed E-state index contributed by atoms with van der Waals surface area (Å²) in [6.45, 7) is 6.57. The maximum Gasteiger partial charge on any atom is 0.122 e. The van der Waals surface area contributed by atoms with Crippen LogP contribution < -0.4 is 10.1 Å². The molecule has 0 radical (unpaired) electrons. The van der Waals surface area contributed by atoms with Crippen molar-refractivity contribution >= 4 is 0 Å². The van der Waals surface area contributed by atoms with Gasteiger partial charge in [-0.15, -0.1) is 0 Å². The van der Waals surface area contributed by atoms with Crippen molar-refractivity contribution in [3.05, 3.63) is 29.3 Å². The fraction of sp³-hybridized carbons (Fsp3) is 0.538. The minimum atomic E-state index is -0.487. The van der Waals surface area contributed by atoms with Gasteiger partial charge in [-0.2, -0.15) is 0 Å². The third-order valence-corrected chi connectivity index (χ3v) is 2.77. The third-order valence-electron chi connectivity index (χ3n) is 2.77. The summed E-state index contributed by atoms with van der Waals surface area (Å²) < 4.78 is 5.46. The van der Waals surface area contributed by atoms with Crippen molar-refractivity contribution in [1.29, 1.82) is 0 Å². The van der Waals surface area contributed by atoms with Crippen LogP contribution in [0.5, 0.6) is 5.75 Å². The number of hydrogen-bond acceptors (Lipinski definition) is 3. The van der Waals surface area contributed by atoms with E-state index in [1.807, 2.05) is 46.0 Å². The van der Waals surface area contributed by atoms with Crippen molar-refractivity contribution < 1.29 is 9.84 Å². The largest absolute Gasteiger partial charge is 0.494 e. The second-order valence-electron chi connectivity index (χ2n) is 3.98. The smallest absolute Gasteiger partial charge is 0.122 e. The summed E-state index contributed by atoms with van der Waals surface area (Å²) in [6.07, 6.45) is -0.487. The molecule has 0 bridgehead atoms. The topological polar surface area (TPSA) is 41.5 Å². The van der Waals surface area contributed by atoms with Crippen molar-refractivity contribution in [2.45, 2.75) is 32.9 Å². The number of aryl methyl sites for hydroxylation is 1. The summed E-state index contributed by atoms with van der Waals surface area (Å²) in [6, 6.07) is 5.84.